The first-order valence-corrected chi connectivity index (χ1v) is 10.9. The van der Waals surface area contributed by atoms with Crippen LogP contribution in [0.2, 0.25) is 5.02 Å². The number of rotatable bonds is 5. The molecule has 1 heterocycles. The lowest BCUT2D eigenvalue weighted by molar-refractivity contribution is -0.125. The second-order valence-corrected chi connectivity index (χ2v) is 8.55. The molecule has 1 saturated carbocycles. The third-order valence-corrected chi connectivity index (χ3v) is 6.58. The summed E-state index contributed by atoms with van der Waals surface area (Å²) in [4.78, 5) is 28.4. The van der Waals surface area contributed by atoms with Gasteiger partial charge in [-0.15, -0.1) is 0 Å². The molecule has 0 aromatic heterocycles. The molecule has 30 heavy (non-hydrogen) atoms. The third-order valence-electron chi connectivity index (χ3n) is 6.34. The third kappa shape index (κ3) is 4.17. The second-order valence-electron chi connectivity index (χ2n) is 8.12. The number of fused-ring (bicyclic) bond motifs is 1. The number of nitrogens with zero attached hydrogens (tertiary/aromatic N) is 1. The van der Waals surface area contributed by atoms with Gasteiger partial charge in [0.25, 0.3) is 5.91 Å². The molecule has 3 atom stereocenters. The lowest BCUT2D eigenvalue weighted by Gasteiger charge is -2.33. The summed E-state index contributed by atoms with van der Waals surface area (Å²) in [6, 6.07) is 14.3. The monoisotopic (exact) mass is 426 g/mol. The maximum Gasteiger partial charge on any atom is 0.254 e. The number of carbonyl (C=O) groups excluding carboxylic acids is 2. The standard InChI is InChI=1S/C24H27ClN2O3/c1-30-22-12-5-3-8-18(22)15-26-23(28)21-14-16-7-2-4-11-20(16)27(21)24(29)17-9-6-10-19(25)13-17/h3,5-6,8-10,12-13,16,20-21H,2,4,7,11,14-15H2,1H3,(H,26,28). The summed E-state index contributed by atoms with van der Waals surface area (Å²) in [6.45, 7) is 0.369. The first-order valence-electron chi connectivity index (χ1n) is 10.6. The van der Waals surface area contributed by atoms with E-state index in [0.29, 0.717) is 29.5 Å². The summed E-state index contributed by atoms with van der Waals surface area (Å²) in [5.41, 5.74) is 1.45. The van der Waals surface area contributed by atoms with Crippen LogP contribution in [0.1, 0.15) is 48.0 Å². The van der Waals surface area contributed by atoms with Gasteiger partial charge >= 0.3 is 0 Å². The van der Waals surface area contributed by atoms with E-state index in [0.717, 1.165) is 37.0 Å². The van der Waals surface area contributed by atoms with E-state index in [2.05, 4.69) is 5.32 Å². The van der Waals surface area contributed by atoms with E-state index in [-0.39, 0.29) is 17.9 Å². The van der Waals surface area contributed by atoms with Crippen molar-refractivity contribution in [1.29, 1.82) is 0 Å². The summed E-state index contributed by atoms with van der Waals surface area (Å²) in [5.74, 6) is 0.906. The molecule has 5 nitrogen and oxygen atoms in total. The maximum absolute atomic E-state index is 13.4. The maximum atomic E-state index is 13.4. The SMILES string of the molecule is COc1ccccc1CNC(=O)C1CC2CCCCC2N1C(=O)c1cccc(Cl)c1. The predicted octanol–water partition coefficient (Wildman–Crippen LogP) is 4.44. The lowest BCUT2D eigenvalue weighted by atomic mass is 9.84. The van der Waals surface area contributed by atoms with Crippen molar-refractivity contribution in [2.75, 3.05) is 7.11 Å². The van der Waals surface area contributed by atoms with E-state index >= 15 is 0 Å². The topological polar surface area (TPSA) is 58.6 Å². The van der Waals surface area contributed by atoms with Crippen LogP contribution in [0.15, 0.2) is 48.5 Å². The number of likely N-dealkylation sites (tertiary alicyclic amines) is 1. The van der Waals surface area contributed by atoms with Crippen LogP contribution >= 0.6 is 11.6 Å². The molecule has 2 fully saturated rings. The van der Waals surface area contributed by atoms with Gasteiger partial charge in [0, 0.05) is 28.7 Å². The molecule has 2 aliphatic rings. The molecule has 3 unspecified atom stereocenters. The molecule has 1 aliphatic carbocycles. The van der Waals surface area contributed by atoms with Crippen molar-refractivity contribution in [2.45, 2.75) is 50.7 Å². The van der Waals surface area contributed by atoms with Gasteiger partial charge < -0.3 is 15.0 Å². The van der Waals surface area contributed by atoms with Crippen LogP contribution in [0.25, 0.3) is 0 Å². The van der Waals surface area contributed by atoms with Crippen molar-refractivity contribution < 1.29 is 14.3 Å². The predicted molar refractivity (Wildman–Crippen MR) is 117 cm³/mol. The molecule has 4 rings (SSSR count). The van der Waals surface area contributed by atoms with Gasteiger partial charge in [-0.25, -0.2) is 0 Å². The molecule has 158 valence electrons. The molecule has 0 radical (unpaired) electrons. The first-order chi connectivity index (χ1) is 14.6. The Kier molecular flexibility index (Phi) is 6.28. The number of methoxy groups -OCH3 is 1. The van der Waals surface area contributed by atoms with E-state index in [1.54, 1.807) is 31.4 Å². The van der Waals surface area contributed by atoms with E-state index in [4.69, 9.17) is 16.3 Å². The first kappa shape index (κ1) is 20.7. The number of nitrogens with one attached hydrogen (secondary N) is 1. The number of ether oxygens (including phenoxy) is 1. The summed E-state index contributed by atoms with van der Waals surface area (Å²) in [5, 5.41) is 3.56. The zero-order chi connectivity index (χ0) is 21.1. The Morgan fingerprint density at radius 2 is 1.93 bits per heavy atom. The highest BCUT2D eigenvalue weighted by Crippen LogP contribution is 2.40. The minimum Gasteiger partial charge on any atom is -0.496 e. The van der Waals surface area contributed by atoms with Crippen molar-refractivity contribution >= 4 is 23.4 Å². The Labute approximate surface area is 182 Å². The van der Waals surface area contributed by atoms with Crippen molar-refractivity contribution in [3.8, 4) is 5.75 Å². The summed E-state index contributed by atoms with van der Waals surface area (Å²) in [7, 11) is 1.62. The van der Waals surface area contributed by atoms with Crippen molar-refractivity contribution in [3.63, 3.8) is 0 Å². The van der Waals surface area contributed by atoms with E-state index in [1.165, 1.54) is 0 Å². The number of carbonyl (C=O) groups is 2. The Balaban J connectivity index is 1.55. The highest BCUT2D eigenvalue weighted by molar-refractivity contribution is 6.31. The minimum absolute atomic E-state index is 0.106. The van der Waals surface area contributed by atoms with E-state index < -0.39 is 6.04 Å². The van der Waals surface area contributed by atoms with Gasteiger partial charge in [-0.3, -0.25) is 9.59 Å². The largest absolute Gasteiger partial charge is 0.496 e. The summed E-state index contributed by atoms with van der Waals surface area (Å²) >= 11 is 6.12. The van der Waals surface area contributed by atoms with Gasteiger partial charge in [-0.1, -0.05) is 48.7 Å². The van der Waals surface area contributed by atoms with Crippen LogP contribution in [0.4, 0.5) is 0 Å². The fourth-order valence-electron chi connectivity index (χ4n) is 4.91. The van der Waals surface area contributed by atoms with Gasteiger partial charge in [0.2, 0.25) is 5.91 Å². The van der Waals surface area contributed by atoms with Crippen LogP contribution in [-0.2, 0) is 11.3 Å². The molecule has 1 saturated heterocycles. The molecule has 0 bridgehead atoms. The highest BCUT2D eigenvalue weighted by Gasteiger charge is 2.47. The van der Waals surface area contributed by atoms with Crippen molar-refractivity contribution in [3.05, 3.63) is 64.7 Å². The zero-order valence-corrected chi connectivity index (χ0v) is 17.9. The van der Waals surface area contributed by atoms with Crippen molar-refractivity contribution in [1.82, 2.24) is 10.2 Å². The lowest BCUT2D eigenvalue weighted by Crippen LogP contribution is -2.49. The van der Waals surface area contributed by atoms with Gasteiger partial charge in [-0.2, -0.15) is 0 Å². The van der Waals surface area contributed by atoms with E-state index in [1.807, 2.05) is 29.2 Å². The number of para-hydroxylation sites is 1. The number of hydrogen-bond donors (Lipinski definition) is 1. The van der Waals surface area contributed by atoms with Crippen LogP contribution in [0.5, 0.6) is 5.75 Å². The van der Waals surface area contributed by atoms with Crippen LogP contribution in [-0.4, -0.2) is 35.9 Å². The Morgan fingerprint density at radius 1 is 1.13 bits per heavy atom. The molecular weight excluding hydrogens is 400 g/mol. The van der Waals surface area contributed by atoms with Gasteiger partial charge in [0.1, 0.15) is 11.8 Å². The Morgan fingerprint density at radius 3 is 2.73 bits per heavy atom. The molecule has 6 heteroatoms. The average molecular weight is 427 g/mol. The van der Waals surface area contributed by atoms with Crippen molar-refractivity contribution in [2.24, 2.45) is 5.92 Å². The van der Waals surface area contributed by atoms with Gasteiger partial charge in [0.05, 0.1) is 7.11 Å². The number of halogens is 1. The molecule has 1 aliphatic heterocycles. The molecular formula is C24H27ClN2O3. The van der Waals surface area contributed by atoms with Crippen LogP contribution in [0.3, 0.4) is 0 Å². The van der Waals surface area contributed by atoms with Gasteiger partial charge in [-0.05, 0) is 49.4 Å². The molecule has 2 aromatic carbocycles. The molecule has 2 aromatic rings. The molecule has 0 spiro atoms. The fraction of sp³-hybridized carbons (Fsp3) is 0.417. The Bertz CT molecular complexity index is 932. The fourth-order valence-corrected chi connectivity index (χ4v) is 5.10. The second kappa shape index (κ2) is 9.09. The number of amides is 2. The zero-order valence-electron chi connectivity index (χ0n) is 17.1. The highest BCUT2D eigenvalue weighted by atomic mass is 35.5. The van der Waals surface area contributed by atoms with Crippen LogP contribution < -0.4 is 10.1 Å². The molecule has 2 amide bonds. The normalized spacial score (nSPS) is 23.0. The smallest absolute Gasteiger partial charge is 0.254 e. The summed E-state index contributed by atoms with van der Waals surface area (Å²) in [6.07, 6.45) is 4.99. The van der Waals surface area contributed by atoms with Crippen LogP contribution in [0, 0.1) is 5.92 Å². The number of hydrogen-bond acceptors (Lipinski definition) is 3. The van der Waals surface area contributed by atoms with E-state index in [9.17, 15) is 9.59 Å². The van der Waals surface area contributed by atoms with Gasteiger partial charge in [0.15, 0.2) is 0 Å². The molecule has 1 N–H and O–H groups in total. The Hall–Kier alpha value is -2.53. The quantitative estimate of drug-likeness (QED) is 0.768. The number of benzene rings is 2. The summed E-state index contributed by atoms with van der Waals surface area (Å²) < 4.78 is 5.38. The minimum atomic E-state index is -0.459. The average Bonchev–Trinajstić information content (AvgIpc) is 3.17.